The number of hydrogen-bond donors (Lipinski definition) is 1. The normalized spacial score (nSPS) is 10.4. The summed E-state index contributed by atoms with van der Waals surface area (Å²) in [5, 5.41) is 15.3. The predicted octanol–water partition coefficient (Wildman–Crippen LogP) is -0.398. The van der Waals surface area contributed by atoms with Crippen LogP contribution in [0.4, 0.5) is 0 Å². The van der Waals surface area contributed by atoms with E-state index in [0.29, 0.717) is 5.69 Å². The van der Waals surface area contributed by atoms with Gasteiger partial charge in [0.15, 0.2) is 5.95 Å². The number of hydrogen-bond acceptors (Lipinski definition) is 5. The van der Waals surface area contributed by atoms with Crippen LogP contribution in [-0.2, 0) is 4.79 Å². The van der Waals surface area contributed by atoms with Crippen molar-refractivity contribution in [2.75, 3.05) is 5.75 Å². The number of carbonyl (C=O) groups is 1. The fourth-order valence-electron chi connectivity index (χ4n) is 1.23. The van der Waals surface area contributed by atoms with E-state index in [1.807, 2.05) is 18.2 Å². The number of rotatable bonds is 4. The SMILES string of the molecule is NC(=O)CSc1c([O-])on[n+]1-c1ccccc1. The maximum absolute atomic E-state index is 11.4. The lowest BCUT2D eigenvalue weighted by molar-refractivity contribution is -0.705. The standard InChI is InChI=1S/C10H9N3O3S/c11-8(14)6-17-9-10(15)16-12-13(9)7-4-2-1-3-5-7/h1-5H,6H2,(H2-,11,12,14,15). The highest BCUT2D eigenvalue weighted by molar-refractivity contribution is 7.99. The molecule has 2 rings (SSSR count). The molecule has 1 aromatic heterocycles. The molecule has 7 heteroatoms. The third-order valence-electron chi connectivity index (χ3n) is 1.92. The van der Waals surface area contributed by atoms with Gasteiger partial charge in [0.1, 0.15) is 0 Å². The quantitative estimate of drug-likeness (QED) is 0.589. The van der Waals surface area contributed by atoms with Gasteiger partial charge in [-0.15, -0.1) is 0 Å². The molecule has 0 fully saturated rings. The number of aromatic nitrogens is 2. The summed E-state index contributed by atoms with van der Waals surface area (Å²) in [5.41, 5.74) is 5.71. The van der Waals surface area contributed by atoms with Crippen LogP contribution in [0.25, 0.3) is 5.69 Å². The largest absolute Gasteiger partial charge is 0.538 e. The zero-order chi connectivity index (χ0) is 12.3. The summed E-state index contributed by atoms with van der Waals surface area (Å²) < 4.78 is 5.91. The van der Waals surface area contributed by atoms with Crippen LogP contribution in [0.5, 0.6) is 5.95 Å². The minimum absolute atomic E-state index is 0.00326. The molecule has 17 heavy (non-hydrogen) atoms. The van der Waals surface area contributed by atoms with Gasteiger partial charge in [-0.3, -0.25) is 4.79 Å². The Kier molecular flexibility index (Phi) is 3.29. The van der Waals surface area contributed by atoms with Crippen LogP contribution in [-0.4, -0.2) is 16.9 Å². The molecule has 0 aliphatic heterocycles. The van der Waals surface area contributed by atoms with Gasteiger partial charge in [0.2, 0.25) is 11.6 Å². The van der Waals surface area contributed by atoms with Crippen LogP contribution in [0.3, 0.4) is 0 Å². The molecule has 0 unspecified atom stereocenters. The van der Waals surface area contributed by atoms with Crippen LogP contribution in [0.2, 0.25) is 0 Å². The molecule has 6 nitrogen and oxygen atoms in total. The van der Waals surface area contributed by atoms with Gasteiger partial charge in [-0.05, 0) is 16.4 Å². The van der Waals surface area contributed by atoms with E-state index in [1.54, 1.807) is 12.1 Å². The maximum atomic E-state index is 11.4. The molecule has 0 atom stereocenters. The second kappa shape index (κ2) is 4.88. The minimum atomic E-state index is -0.583. The molecule has 1 aromatic carbocycles. The monoisotopic (exact) mass is 251 g/mol. The van der Waals surface area contributed by atoms with E-state index in [4.69, 9.17) is 5.73 Å². The highest BCUT2D eigenvalue weighted by Crippen LogP contribution is 2.22. The van der Waals surface area contributed by atoms with E-state index >= 15 is 0 Å². The van der Waals surface area contributed by atoms with Gasteiger partial charge in [0.05, 0.1) is 11.0 Å². The highest BCUT2D eigenvalue weighted by atomic mass is 32.2. The lowest BCUT2D eigenvalue weighted by Crippen LogP contribution is -2.35. The Morgan fingerprint density at radius 2 is 2.18 bits per heavy atom. The second-order valence-electron chi connectivity index (χ2n) is 3.17. The van der Waals surface area contributed by atoms with E-state index in [9.17, 15) is 9.90 Å². The van der Waals surface area contributed by atoms with E-state index in [2.05, 4.69) is 9.79 Å². The highest BCUT2D eigenvalue weighted by Gasteiger charge is 2.21. The van der Waals surface area contributed by atoms with Crippen molar-refractivity contribution in [1.29, 1.82) is 0 Å². The van der Waals surface area contributed by atoms with Gasteiger partial charge in [-0.1, -0.05) is 18.2 Å². The first-order chi connectivity index (χ1) is 8.18. The first-order valence-corrected chi connectivity index (χ1v) is 5.72. The van der Waals surface area contributed by atoms with Gasteiger partial charge in [0.25, 0.3) is 5.03 Å². The Bertz CT molecular complexity index is 527. The minimum Gasteiger partial charge on any atom is -0.538 e. The lowest BCUT2D eigenvalue weighted by Gasteiger charge is -1.95. The topological polar surface area (TPSA) is 96.1 Å². The zero-order valence-corrected chi connectivity index (χ0v) is 9.52. The first-order valence-electron chi connectivity index (χ1n) is 4.74. The molecule has 0 aliphatic rings. The summed E-state index contributed by atoms with van der Waals surface area (Å²) in [7, 11) is 0. The van der Waals surface area contributed by atoms with E-state index in [-0.39, 0.29) is 10.8 Å². The smallest absolute Gasteiger partial charge is 0.298 e. The fraction of sp³-hybridized carbons (Fsp3) is 0.100. The zero-order valence-electron chi connectivity index (χ0n) is 8.70. The number of thioether (sulfide) groups is 1. The molecular weight excluding hydrogens is 242 g/mol. The Labute approximate surface area is 101 Å². The van der Waals surface area contributed by atoms with Crippen molar-refractivity contribution in [2.24, 2.45) is 5.73 Å². The molecule has 0 saturated heterocycles. The number of nitrogens with zero attached hydrogens (tertiary/aromatic N) is 2. The first kappa shape index (κ1) is 11.5. The van der Waals surface area contributed by atoms with Gasteiger partial charge in [0, 0.05) is 12.1 Å². The number of primary amides is 1. The Morgan fingerprint density at radius 3 is 2.82 bits per heavy atom. The van der Waals surface area contributed by atoms with Crippen molar-refractivity contribution in [1.82, 2.24) is 5.27 Å². The van der Waals surface area contributed by atoms with Gasteiger partial charge in [-0.25, -0.2) is 0 Å². The fourth-order valence-corrected chi connectivity index (χ4v) is 1.93. The number of nitrogens with two attached hydrogens (primary N) is 1. The summed E-state index contributed by atoms with van der Waals surface area (Å²) in [6.07, 6.45) is 0. The summed E-state index contributed by atoms with van der Waals surface area (Å²) in [6, 6.07) is 9.01. The van der Waals surface area contributed by atoms with E-state index in [1.165, 1.54) is 4.68 Å². The van der Waals surface area contributed by atoms with Crippen LogP contribution in [0, 0.1) is 0 Å². The van der Waals surface area contributed by atoms with Gasteiger partial charge in [-0.2, -0.15) is 0 Å². The average molecular weight is 251 g/mol. The Balaban J connectivity index is 2.32. The van der Waals surface area contributed by atoms with Crippen LogP contribution >= 0.6 is 11.8 Å². The number of benzene rings is 1. The van der Waals surface area contributed by atoms with E-state index < -0.39 is 11.9 Å². The lowest BCUT2D eigenvalue weighted by atomic mass is 10.3. The number of amides is 1. The number of carbonyl (C=O) groups excluding carboxylic acids is 1. The molecular formula is C10H9N3O3S. The van der Waals surface area contributed by atoms with Crippen LogP contribution in [0.1, 0.15) is 0 Å². The molecule has 1 heterocycles. The molecule has 0 spiro atoms. The van der Waals surface area contributed by atoms with E-state index in [0.717, 1.165) is 11.8 Å². The average Bonchev–Trinajstić information content (AvgIpc) is 2.69. The van der Waals surface area contributed by atoms with Crippen LogP contribution in [0.15, 0.2) is 39.9 Å². The van der Waals surface area contributed by atoms with Crippen molar-refractivity contribution in [2.45, 2.75) is 5.03 Å². The van der Waals surface area contributed by atoms with Crippen molar-refractivity contribution < 1.29 is 19.1 Å². The predicted molar refractivity (Wildman–Crippen MR) is 57.4 cm³/mol. The van der Waals surface area contributed by atoms with Gasteiger partial charge < -0.3 is 15.4 Å². The van der Waals surface area contributed by atoms with Crippen molar-refractivity contribution in [3.8, 4) is 11.6 Å². The molecule has 0 aliphatic carbocycles. The Morgan fingerprint density at radius 1 is 1.47 bits per heavy atom. The van der Waals surface area contributed by atoms with Crippen LogP contribution < -0.4 is 15.5 Å². The second-order valence-corrected chi connectivity index (χ2v) is 4.13. The van der Waals surface area contributed by atoms with Gasteiger partial charge >= 0.3 is 0 Å². The van der Waals surface area contributed by atoms with Crippen molar-refractivity contribution in [3.63, 3.8) is 0 Å². The molecule has 1 amide bonds. The molecule has 2 aromatic rings. The summed E-state index contributed by atoms with van der Waals surface area (Å²) >= 11 is 1.00. The maximum Gasteiger partial charge on any atom is 0.298 e. The number of para-hydroxylation sites is 1. The molecule has 0 saturated carbocycles. The Hall–Kier alpha value is -2.02. The molecule has 2 N–H and O–H groups in total. The summed E-state index contributed by atoms with van der Waals surface area (Å²) in [4.78, 5) is 10.7. The van der Waals surface area contributed by atoms with Crippen molar-refractivity contribution >= 4 is 17.7 Å². The molecule has 88 valence electrons. The molecule has 0 bridgehead atoms. The van der Waals surface area contributed by atoms with Crippen molar-refractivity contribution in [3.05, 3.63) is 30.3 Å². The molecule has 0 radical (unpaired) electrons. The summed E-state index contributed by atoms with van der Waals surface area (Å²) in [5.74, 6) is -1.08. The third-order valence-corrected chi connectivity index (χ3v) is 2.97. The summed E-state index contributed by atoms with van der Waals surface area (Å²) in [6.45, 7) is 0. The third kappa shape index (κ3) is 2.56.